The standard InChI is InChI=1S/C16H28N4O3.HI/c1-4-17-16(18-9-6-10-23-12-11-21-2)19-13-14-7-5-8-15(20-14)22-3;/h5,7-8H,4,6,9-13H2,1-3H3,(H2,17,18,19);1H. The van der Waals surface area contributed by atoms with E-state index in [2.05, 4.69) is 20.6 Å². The summed E-state index contributed by atoms with van der Waals surface area (Å²) in [4.78, 5) is 8.87. The summed E-state index contributed by atoms with van der Waals surface area (Å²) in [5.41, 5.74) is 0.865. The van der Waals surface area contributed by atoms with Crippen LogP contribution in [-0.4, -0.2) is 58.1 Å². The summed E-state index contributed by atoms with van der Waals surface area (Å²) in [5.74, 6) is 1.37. The van der Waals surface area contributed by atoms with Crippen LogP contribution in [0.25, 0.3) is 0 Å². The van der Waals surface area contributed by atoms with Crippen LogP contribution in [0.1, 0.15) is 19.0 Å². The van der Waals surface area contributed by atoms with E-state index in [1.54, 1.807) is 14.2 Å². The molecule has 0 bridgehead atoms. The van der Waals surface area contributed by atoms with Crippen molar-refractivity contribution in [1.29, 1.82) is 0 Å². The van der Waals surface area contributed by atoms with Gasteiger partial charge in [-0.25, -0.2) is 9.98 Å². The van der Waals surface area contributed by atoms with Crippen LogP contribution in [0.5, 0.6) is 5.88 Å². The van der Waals surface area contributed by atoms with Crippen molar-refractivity contribution in [3.63, 3.8) is 0 Å². The fourth-order valence-electron chi connectivity index (χ4n) is 1.79. The van der Waals surface area contributed by atoms with Crippen molar-refractivity contribution >= 4 is 29.9 Å². The number of nitrogens with one attached hydrogen (secondary N) is 2. The van der Waals surface area contributed by atoms with Gasteiger partial charge in [0.2, 0.25) is 5.88 Å². The van der Waals surface area contributed by atoms with Crippen molar-refractivity contribution in [3.8, 4) is 5.88 Å². The highest BCUT2D eigenvalue weighted by Gasteiger charge is 2.00. The first-order valence-corrected chi connectivity index (χ1v) is 7.89. The molecule has 138 valence electrons. The predicted octanol–water partition coefficient (Wildman–Crippen LogP) is 1.82. The molecule has 24 heavy (non-hydrogen) atoms. The lowest BCUT2D eigenvalue weighted by atomic mass is 10.3. The second-order valence-electron chi connectivity index (χ2n) is 4.75. The molecule has 8 heteroatoms. The fraction of sp³-hybridized carbons (Fsp3) is 0.625. The molecule has 0 aromatic carbocycles. The van der Waals surface area contributed by atoms with Gasteiger partial charge >= 0.3 is 0 Å². The van der Waals surface area contributed by atoms with Crippen molar-refractivity contribution in [2.75, 3.05) is 47.1 Å². The second-order valence-corrected chi connectivity index (χ2v) is 4.75. The molecule has 1 aromatic heterocycles. The van der Waals surface area contributed by atoms with Gasteiger partial charge in [0, 0.05) is 32.9 Å². The molecule has 0 aliphatic carbocycles. The lowest BCUT2D eigenvalue weighted by Gasteiger charge is -2.11. The van der Waals surface area contributed by atoms with Gasteiger partial charge in [-0.05, 0) is 19.4 Å². The molecule has 0 unspecified atom stereocenters. The zero-order valence-corrected chi connectivity index (χ0v) is 17.0. The third-order valence-corrected chi connectivity index (χ3v) is 2.92. The Morgan fingerprint density at radius 2 is 2.00 bits per heavy atom. The first-order valence-electron chi connectivity index (χ1n) is 7.89. The molecule has 7 nitrogen and oxygen atoms in total. The zero-order chi connectivity index (χ0) is 16.8. The summed E-state index contributed by atoms with van der Waals surface area (Å²) < 4.78 is 15.5. The maximum atomic E-state index is 5.42. The van der Waals surface area contributed by atoms with E-state index < -0.39 is 0 Å². The number of halogens is 1. The van der Waals surface area contributed by atoms with Crippen molar-refractivity contribution in [2.24, 2.45) is 4.99 Å². The number of ether oxygens (including phenoxy) is 3. The third kappa shape index (κ3) is 10.6. The largest absolute Gasteiger partial charge is 0.481 e. The van der Waals surface area contributed by atoms with E-state index in [4.69, 9.17) is 14.2 Å². The van der Waals surface area contributed by atoms with Gasteiger partial charge in [0.25, 0.3) is 0 Å². The zero-order valence-electron chi connectivity index (χ0n) is 14.7. The average molecular weight is 452 g/mol. The first kappa shape index (κ1) is 22.9. The normalized spacial score (nSPS) is 10.9. The Morgan fingerprint density at radius 3 is 2.71 bits per heavy atom. The van der Waals surface area contributed by atoms with Gasteiger partial charge < -0.3 is 24.8 Å². The molecule has 0 spiro atoms. The number of nitrogens with zero attached hydrogens (tertiary/aromatic N) is 2. The first-order chi connectivity index (χ1) is 11.3. The molecule has 1 heterocycles. The summed E-state index contributed by atoms with van der Waals surface area (Å²) >= 11 is 0. The lowest BCUT2D eigenvalue weighted by molar-refractivity contribution is 0.0698. The van der Waals surface area contributed by atoms with Crippen molar-refractivity contribution in [2.45, 2.75) is 19.9 Å². The van der Waals surface area contributed by atoms with Crippen LogP contribution in [0.2, 0.25) is 0 Å². The highest BCUT2D eigenvalue weighted by Crippen LogP contribution is 2.07. The summed E-state index contributed by atoms with van der Waals surface area (Å²) in [5, 5.41) is 6.49. The summed E-state index contributed by atoms with van der Waals surface area (Å²) in [6, 6.07) is 5.66. The number of methoxy groups -OCH3 is 2. The average Bonchev–Trinajstić information content (AvgIpc) is 2.59. The summed E-state index contributed by atoms with van der Waals surface area (Å²) in [6.45, 7) is 6.10. The van der Waals surface area contributed by atoms with Gasteiger partial charge in [-0.1, -0.05) is 6.07 Å². The molecule has 0 aliphatic heterocycles. The predicted molar refractivity (Wildman–Crippen MR) is 106 cm³/mol. The van der Waals surface area contributed by atoms with Crippen molar-refractivity contribution < 1.29 is 14.2 Å². The highest BCUT2D eigenvalue weighted by molar-refractivity contribution is 14.0. The maximum absolute atomic E-state index is 5.42. The van der Waals surface area contributed by atoms with E-state index in [-0.39, 0.29) is 24.0 Å². The molecule has 2 N–H and O–H groups in total. The van der Waals surface area contributed by atoms with Crippen LogP contribution in [0.4, 0.5) is 0 Å². The number of hydrogen-bond donors (Lipinski definition) is 2. The fourth-order valence-corrected chi connectivity index (χ4v) is 1.79. The number of rotatable bonds is 11. The Labute approximate surface area is 161 Å². The Hall–Kier alpha value is -1.13. The molecule has 0 saturated carbocycles. The lowest BCUT2D eigenvalue weighted by Crippen LogP contribution is -2.38. The van der Waals surface area contributed by atoms with Gasteiger partial charge in [0.15, 0.2) is 5.96 Å². The van der Waals surface area contributed by atoms with Gasteiger partial charge in [0.05, 0.1) is 32.6 Å². The number of aromatic nitrogens is 1. The minimum atomic E-state index is 0. The van der Waals surface area contributed by atoms with E-state index in [1.165, 1.54) is 0 Å². The molecular weight excluding hydrogens is 423 g/mol. The van der Waals surface area contributed by atoms with Gasteiger partial charge in [0.1, 0.15) is 0 Å². The summed E-state index contributed by atoms with van der Waals surface area (Å²) in [6.07, 6.45) is 0.908. The molecule has 0 amide bonds. The highest BCUT2D eigenvalue weighted by atomic mass is 127. The number of hydrogen-bond acceptors (Lipinski definition) is 5. The van der Waals surface area contributed by atoms with Crippen LogP contribution < -0.4 is 15.4 Å². The van der Waals surface area contributed by atoms with Crippen LogP contribution in [-0.2, 0) is 16.0 Å². The number of guanidine groups is 1. The SMILES string of the molecule is CCNC(=NCc1cccc(OC)n1)NCCCOCCOC.I. The van der Waals surface area contributed by atoms with Crippen LogP contribution in [0, 0.1) is 0 Å². The van der Waals surface area contributed by atoms with E-state index in [0.29, 0.717) is 32.2 Å². The monoisotopic (exact) mass is 452 g/mol. The maximum Gasteiger partial charge on any atom is 0.213 e. The van der Waals surface area contributed by atoms with E-state index >= 15 is 0 Å². The molecule has 0 saturated heterocycles. The molecule has 0 fully saturated rings. The molecule has 0 radical (unpaired) electrons. The molecular formula is C16H29IN4O3. The molecule has 0 aliphatic rings. The minimum Gasteiger partial charge on any atom is -0.481 e. The third-order valence-electron chi connectivity index (χ3n) is 2.92. The van der Waals surface area contributed by atoms with Crippen molar-refractivity contribution in [1.82, 2.24) is 15.6 Å². The quantitative estimate of drug-likeness (QED) is 0.231. The smallest absolute Gasteiger partial charge is 0.213 e. The number of pyridine rings is 1. The van der Waals surface area contributed by atoms with Crippen LogP contribution in [0.3, 0.4) is 0 Å². The van der Waals surface area contributed by atoms with E-state index in [9.17, 15) is 0 Å². The van der Waals surface area contributed by atoms with Crippen molar-refractivity contribution in [3.05, 3.63) is 23.9 Å². The van der Waals surface area contributed by atoms with E-state index in [0.717, 1.165) is 31.2 Å². The molecule has 1 aromatic rings. The van der Waals surface area contributed by atoms with Gasteiger partial charge in [-0.2, -0.15) is 0 Å². The minimum absolute atomic E-state index is 0. The Kier molecular flexibility index (Phi) is 14.7. The number of aliphatic imine (C=N–C) groups is 1. The molecule has 1 rings (SSSR count). The molecule has 0 atom stereocenters. The van der Waals surface area contributed by atoms with E-state index in [1.807, 2.05) is 25.1 Å². The van der Waals surface area contributed by atoms with Gasteiger partial charge in [-0.3, -0.25) is 0 Å². The van der Waals surface area contributed by atoms with Gasteiger partial charge in [-0.15, -0.1) is 24.0 Å². The Bertz CT molecular complexity index is 461. The second kappa shape index (κ2) is 15.4. The van der Waals surface area contributed by atoms with Crippen LogP contribution >= 0.6 is 24.0 Å². The van der Waals surface area contributed by atoms with Crippen LogP contribution in [0.15, 0.2) is 23.2 Å². The Morgan fingerprint density at radius 1 is 1.17 bits per heavy atom. The Balaban J connectivity index is 0.00000529. The topological polar surface area (TPSA) is 77.0 Å². The summed E-state index contributed by atoms with van der Waals surface area (Å²) in [7, 11) is 3.27.